The number of halogens is 1. The molecule has 0 spiro atoms. The normalized spacial score (nSPS) is 14.5. The van der Waals surface area contributed by atoms with Gasteiger partial charge in [0.2, 0.25) is 5.91 Å². The minimum Gasteiger partial charge on any atom is -0.273 e. The molecule has 0 radical (unpaired) electrons. The van der Waals surface area contributed by atoms with Crippen LogP contribution in [0.1, 0.15) is 29.5 Å². The number of amides is 1. The van der Waals surface area contributed by atoms with E-state index in [-0.39, 0.29) is 11.7 Å². The number of rotatable bonds is 2. The van der Waals surface area contributed by atoms with E-state index in [4.69, 9.17) is 0 Å². The number of benzene rings is 2. The molecule has 4 heteroatoms. The topological polar surface area (TPSA) is 41.5 Å². The lowest BCUT2D eigenvalue weighted by Gasteiger charge is -2.16. The van der Waals surface area contributed by atoms with Gasteiger partial charge in [-0.3, -0.25) is 4.79 Å². The molecule has 1 N–H and O–H groups in total. The van der Waals surface area contributed by atoms with Crippen LogP contribution in [-0.2, 0) is 4.79 Å². The molecule has 0 atom stereocenters. The minimum absolute atomic E-state index is 0.0987. The molecule has 2 aromatic carbocycles. The standard InChI is InChI=1S/C18H17FN2O/c1-11-5-3-4-6-13(11)15-8-7-14(12(2)18(15)19)16-9-10-17(22)21-20-16/h3-8H,9-10H2,1-2H3,(H,21,22). The Bertz CT molecular complexity index is 781. The number of carbonyl (C=O) groups excluding carboxylic acids is 1. The highest BCUT2D eigenvalue weighted by Crippen LogP contribution is 2.30. The Kier molecular flexibility index (Phi) is 3.75. The fourth-order valence-electron chi connectivity index (χ4n) is 2.75. The van der Waals surface area contributed by atoms with Gasteiger partial charge in [0.1, 0.15) is 5.82 Å². The van der Waals surface area contributed by atoms with Gasteiger partial charge in [-0.25, -0.2) is 9.82 Å². The molecule has 0 bridgehead atoms. The summed E-state index contributed by atoms with van der Waals surface area (Å²) in [5.41, 5.74) is 7.04. The smallest absolute Gasteiger partial charge is 0.240 e. The van der Waals surface area contributed by atoms with E-state index in [1.165, 1.54) is 0 Å². The molecule has 0 saturated heterocycles. The summed E-state index contributed by atoms with van der Waals surface area (Å²) in [5, 5.41) is 4.05. The molecule has 1 aliphatic heterocycles. The summed E-state index contributed by atoms with van der Waals surface area (Å²) in [5.74, 6) is -0.329. The van der Waals surface area contributed by atoms with Crippen molar-refractivity contribution in [2.24, 2.45) is 5.10 Å². The SMILES string of the molecule is Cc1ccccc1-c1ccc(C2=NNC(=O)CC2)c(C)c1F. The van der Waals surface area contributed by atoms with Gasteiger partial charge < -0.3 is 0 Å². The van der Waals surface area contributed by atoms with Gasteiger partial charge in [-0.05, 0) is 30.5 Å². The molecule has 22 heavy (non-hydrogen) atoms. The van der Waals surface area contributed by atoms with Crippen molar-refractivity contribution in [3.05, 3.63) is 58.9 Å². The molecule has 2 aromatic rings. The summed E-state index contributed by atoms with van der Waals surface area (Å²) in [6.45, 7) is 3.73. The summed E-state index contributed by atoms with van der Waals surface area (Å²) in [4.78, 5) is 11.2. The third-order valence-electron chi connectivity index (χ3n) is 4.04. The number of nitrogens with one attached hydrogen (secondary N) is 1. The second-order valence-corrected chi connectivity index (χ2v) is 5.51. The molecule has 0 unspecified atom stereocenters. The average molecular weight is 296 g/mol. The second kappa shape index (κ2) is 5.72. The zero-order valence-corrected chi connectivity index (χ0v) is 12.6. The van der Waals surface area contributed by atoms with Crippen molar-refractivity contribution >= 4 is 11.6 Å². The minimum atomic E-state index is -0.230. The average Bonchev–Trinajstić information content (AvgIpc) is 2.52. The van der Waals surface area contributed by atoms with E-state index in [9.17, 15) is 9.18 Å². The molecule has 1 aliphatic rings. The number of nitrogens with zero attached hydrogens (tertiary/aromatic N) is 1. The number of aryl methyl sites for hydroxylation is 1. The lowest BCUT2D eigenvalue weighted by Crippen LogP contribution is -2.26. The first-order valence-electron chi connectivity index (χ1n) is 7.29. The number of carbonyl (C=O) groups is 1. The lowest BCUT2D eigenvalue weighted by atomic mass is 9.93. The highest BCUT2D eigenvalue weighted by Gasteiger charge is 2.19. The maximum atomic E-state index is 14.8. The highest BCUT2D eigenvalue weighted by atomic mass is 19.1. The molecule has 1 amide bonds. The predicted octanol–water partition coefficient (Wildman–Crippen LogP) is 3.72. The van der Waals surface area contributed by atoms with Crippen molar-refractivity contribution in [2.45, 2.75) is 26.7 Å². The third-order valence-corrected chi connectivity index (χ3v) is 4.04. The molecule has 3 nitrogen and oxygen atoms in total. The van der Waals surface area contributed by atoms with Crippen LogP contribution in [0.2, 0.25) is 0 Å². The van der Waals surface area contributed by atoms with Crippen LogP contribution in [-0.4, -0.2) is 11.6 Å². The van der Waals surface area contributed by atoms with Crippen molar-refractivity contribution < 1.29 is 9.18 Å². The second-order valence-electron chi connectivity index (χ2n) is 5.51. The number of hydrazone groups is 1. The first-order valence-corrected chi connectivity index (χ1v) is 7.29. The summed E-state index contributed by atoms with van der Waals surface area (Å²) in [7, 11) is 0. The summed E-state index contributed by atoms with van der Waals surface area (Å²) in [6.07, 6.45) is 0.926. The van der Waals surface area contributed by atoms with Gasteiger partial charge >= 0.3 is 0 Å². The van der Waals surface area contributed by atoms with Crippen LogP contribution in [0.3, 0.4) is 0 Å². The zero-order chi connectivity index (χ0) is 15.7. The molecule has 0 fully saturated rings. The quantitative estimate of drug-likeness (QED) is 0.901. The van der Waals surface area contributed by atoms with Gasteiger partial charge in [0, 0.05) is 24.0 Å². The number of hydrogen-bond donors (Lipinski definition) is 1. The zero-order valence-electron chi connectivity index (χ0n) is 12.6. The molecule has 112 valence electrons. The Labute approximate surface area is 128 Å². The van der Waals surface area contributed by atoms with Crippen LogP contribution in [0.4, 0.5) is 4.39 Å². The first kappa shape index (κ1) is 14.4. The molecule has 1 heterocycles. The van der Waals surface area contributed by atoms with Crippen LogP contribution in [0, 0.1) is 19.7 Å². The van der Waals surface area contributed by atoms with Crippen LogP contribution >= 0.6 is 0 Å². The molecule has 0 aliphatic carbocycles. The fraction of sp³-hybridized carbons (Fsp3) is 0.222. The van der Waals surface area contributed by atoms with E-state index in [1.807, 2.05) is 37.3 Å². The summed E-state index contributed by atoms with van der Waals surface area (Å²) in [6, 6.07) is 11.4. The van der Waals surface area contributed by atoms with E-state index in [2.05, 4.69) is 10.5 Å². The van der Waals surface area contributed by atoms with Crippen molar-refractivity contribution in [2.75, 3.05) is 0 Å². The van der Waals surface area contributed by atoms with E-state index in [0.29, 0.717) is 24.0 Å². The monoisotopic (exact) mass is 296 g/mol. The van der Waals surface area contributed by atoms with E-state index >= 15 is 0 Å². The van der Waals surface area contributed by atoms with Crippen molar-refractivity contribution in [1.29, 1.82) is 0 Å². The Morgan fingerprint density at radius 3 is 2.41 bits per heavy atom. The number of hydrogen-bond acceptors (Lipinski definition) is 2. The van der Waals surface area contributed by atoms with Crippen LogP contribution in [0.5, 0.6) is 0 Å². The Hall–Kier alpha value is -2.49. The van der Waals surface area contributed by atoms with Gasteiger partial charge in [0.15, 0.2) is 0 Å². The van der Waals surface area contributed by atoms with E-state index in [0.717, 1.165) is 22.4 Å². The molecule has 0 aromatic heterocycles. The Morgan fingerprint density at radius 1 is 1.00 bits per heavy atom. The Balaban J connectivity index is 2.06. The van der Waals surface area contributed by atoms with Crippen LogP contribution < -0.4 is 5.43 Å². The van der Waals surface area contributed by atoms with Crippen molar-refractivity contribution in [3.8, 4) is 11.1 Å². The van der Waals surface area contributed by atoms with E-state index in [1.54, 1.807) is 13.0 Å². The molecule has 0 saturated carbocycles. The third kappa shape index (κ3) is 2.52. The van der Waals surface area contributed by atoms with Gasteiger partial charge in [-0.15, -0.1) is 0 Å². The van der Waals surface area contributed by atoms with E-state index < -0.39 is 0 Å². The van der Waals surface area contributed by atoms with Gasteiger partial charge in [0.25, 0.3) is 0 Å². The van der Waals surface area contributed by atoms with Crippen molar-refractivity contribution in [1.82, 2.24) is 5.43 Å². The van der Waals surface area contributed by atoms with Crippen LogP contribution in [0.15, 0.2) is 41.5 Å². The van der Waals surface area contributed by atoms with Gasteiger partial charge in [-0.2, -0.15) is 5.10 Å². The maximum Gasteiger partial charge on any atom is 0.240 e. The van der Waals surface area contributed by atoms with Gasteiger partial charge in [0.05, 0.1) is 5.71 Å². The largest absolute Gasteiger partial charge is 0.273 e. The van der Waals surface area contributed by atoms with Gasteiger partial charge in [-0.1, -0.05) is 36.4 Å². The molecule has 3 rings (SSSR count). The van der Waals surface area contributed by atoms with Crippen molar-refractivity contribution in [3.63, 3.8) is 0 Å². The lowest BCUT2D eigenvalue weighted by molar-refractivity contribution is -0.121. The molecular weight excluding hydrogens is 279 g/mol. The predicted molar refractivity (Wildman–Crippen MR) is 85.2 cm³/mol. The van der Waals surface area contributed by atoms with Crippen LogP contribution in [0.25, 0.3) is 11.1 Å². The molecular formula is C18H17FN2O. The fourth-order valence-corrected chi connectivity index (χ4v) is 2.75. The highest BCUT2D eigenvalue weighted by molar-refractivity contribution is 6.05. The summed E-state index contributed by atoms with van der Waals surface area (Å²) >= 11 is 0. The Morgan fingerprint density at radius 2 is 1.73 bits per heavy atom. The summed E-state index contributed by atoms with van der Waals surface area (Å²) < 4.78 is 14.8. The first-order chi connectivity index (χ1) is 10.6. The maximum absolute atomic E-state index is 14.8.